The first-order valence-corrected chi connectivity index (χ1v) is 10.6. The van der Waals surface area contributed by atoms with Crippen molar-refractivity contribution in [3.8, 4) is 0 Å². The number of carbonyl (C=O) groups excluding carboxylic acids is 3. The van der Waals surface area contributed by atoms with E-state index in [0.29, 0.717) is 17.8 Å². The predicted octanol–water partition coefficient (Wildman–Crippen LogP) is 4.31. The van der Waals surface area contributed by atoms with Crippen molar-refractivity contribution in [1.82, 2.24) is 5.32 Å². The number of benzene rings is 2. The van der Waals surface area contributed by atoms with Gasteiger partial charge in [0, 0.05) is 17.3 Å². The van der Waals surface area contributed by atoms with Gasteiger partial charge >= 0.3 is 6.09 Å². The largest absolute Gasteiger partial charge is 0.445 e. The van der Waals surface area contributed by atoms with Gasteiger partial charge in [0.1, 0.15) is 12.6 Å². The first kappa shape index (κ1) is 22.3. The third kappa shape index (κ3) is 6.84. The van der Waals surface area contributed by atoms with Crippen LogP contribution in [0.25, 0.3) is 0 Å². The van der Waals surface area contributed by atoms with Gasteiger partial charge in [0.25, 0.3) is 0 Å². The number of hydrogen-bond donors (Lipinski definition) is 3. The fraction of sp³-hybridized carbons (Fsp3) is 0.375. The topological polar surface area (TPSA) is 96.5 Å². The number of nitrogens with one attached hydrogen (secondary N) is 3. The van der Waals surface area contributed by atoms with Gasteiger partial charge in [0.15, 0.2) is 0 Å². The van der Waals surface area contributed by atoms with Crippen LogP contribution in [0.3, 0.4) is 0 Å². The highest BCUT2D eigenvalue weighted by Gasteiger charge is 2.30. The average molecular weight is 424 g/mol. The maximum Gasteiger partial charge on any atom is 0.408 e. The lowest BCUT2D eigenvalue weighted by atomic mass is 9.98. The Balaban J connectivity index is 1.58. The lowest BCUT2D eigenvalue weighted by Gasteiger charge is -2.23. The monoisotopic (exact) mass is 423 g/mol. The van der Waals surface area contributed by atoms with Crippen LogP contribution < -0.4 is 16.0 Å². The molecule has 2 atom stereocenters. The van der Waals surface area contributed by atoms with Crippen LogP contribution in [0.5, 0.6) is 0 Å². The first-order chi connectivity index (χ1) is 15.0. The van der Waals surface area contributed by atoms with Gasteiger partial charge in [-0.2, -0.15) is 0 Å². The van der Waals surface area contributed by atoms with Crippen molar-refractivity contribution in [2.45, 2.75) is 45.8 Å². The van der Waals surface area contributed by atoms with E-state index in [2.05, 4.69) is 16.0 Å². The van der Waals surface area contributed by atoms with E-state index >= 15 is 0 Å². The summed E-state index contributed by atoms with van der Waals surface area (Å²) in [7, 11) is 0. The van der Waals surface area contributed by atoms with E-state index in [1.54, 1.807) is 24.3 Å². The fourth-order valence-electron chi connectivity index (χ4n) is 3.08. The zero-order chi connectivity index (χ0) is 22.2. The smallest absolute Gasteiger partial charge is 0.408 e. The predicted molar refractivity (Wildman–Crippen MR) is 119 cm³/mol. The molecular formula is C24H29N3O4. The van der Waals surface area contributed by atoms with Crippen LogP contribution in [-0.2, 0) is 20.9 Å². The third-order valence-electron chi connectivity index (χ3n) is 5.33. The van der Waals surface area contributed by atoms with Gasteiger partial charge in [-0.1, -0.05) is 56.7 Å². The molecule has 3 N–H and O–H groups in total. The molecule has 0 saturated heterocycles. The highest BCUT2D eigenvalue weighted by atomic mass is 16.5. The summed E-state index contributed by atoms with van der Waals surface area (Å²) in [6, 6.07) is 15.6. The molecule has 1 aliphatic carbocycles. The van der Waals surface area contributed by atoms with Crippen molar-refractivity contribution in [2.24, 2.45) is 11.8 Å². The summed E-state index contributed by atoms with van der Waals surface area (Å²) >= 11 is 0. The summed E-state index contributed by atoms with van der Waals surface area (Å²) in [6.45, 7) is 3.98. The SMILES string of the molecule is CC[C@H](C)[C@H](NC(=O)OCc1ccccc1)C(=O)Nc1cccc(NC(=O)C2CC2)c1. The van der Waals surface area contributed by atoms with Gasteiger partial charge < -0.3 is 20.7 Å². The summed E-state index contributed by atoms with van der Waals surface area (Å²) in [4.78, 5) is 37.2. The summed E-state index contributed by atoms with van der Waals surface area (Å²) < 4.78 is 5.27. The van der Waals surface area contributed by atoms with Gasteiger partial charge in [0.05, 0.1) is 0 Å². The molecule has 0 aliphatic heterocycles. The van der Waals surface area contributed by atoms with Crippen LogP contribution in [0.4, 0.5) is 16.2 Å². The Kier molecular flexibility index (Phi) is 7.65. The Labute approximate surface area is 182 Å². The van der Waals surface area contributed by atoms with Crippen LogP contribution in [0.15, 0.2) is 54.6 Å². The molecule has 2 aromatic carbocycles. The van der Waals surface area contributed by atoms with Crippen LogP contribution in [-0.4, -0.2) is 23.9 Å². The Morgan fingerprint density at radius 1 is 1.00 bits per heavy atom. The lowest BCUT2D eigenvalue weighted by molar-refractivity contribution is -0.119. The second kappa shape index (κ2) is 10.6. The van der Waals surface area contributed by atoms with Crippen molar-refractivity contribution >= 4 is 29.3 Å². The van der Waals surface area contributed by atoms with E-state index < -0.39 is 12.1 Å². The summed E-state index contributed by atoms with van der Waals surface area (Å²) in [6.07, 6.45) is 1.90. The van der Waals surface area contributed by atoms with Crippen LogP contribution in [0, 0.1) is 11.8 Å². The summed E-state index contributed by atoms with van der Waals surface area (Å²) in [5.41, 5.74) is 2.05. The van der Waals surface area contributed by atoms with Crippen LogP contribution in [0.1, 0.15) is 38.7 Å². The van der Waals surface area contributed by atoms with E-state index in [1.807, 2.05) is 44.2 Å². The Morgan fingerprint density at radius 2 is 1.68 bits per heavy atom. The summed E-state index contributed by atoms with van der Waals surface area (Å²) in [5, 5.41) is 8.38. The van der Waals surface area contributed by atoms with E-state index in [9.17, 15) is 14.4 Å². The van der Waals surface area contributed by atoms with Crippen LogP contribution in [0.2, 0.25) is 0 Å². The number of rotatable bonds is 9. The molecule has 0 heterocycles. The Hall–Kier alpha value is -3.35. The summed E-state index contributed by atoms with van der Waals surface area (Å²) in [5.74, 6) is -0.332. The van der Waals surface area contributed by atoms with E-state index in [4.69, 9.17) is 4.74 Å². The standard InChI is InChI=1S/C24H29N3O4/c1-3-16(2)21(27-24(30)31-15-17-8-5-4-6-9-17)23(29)26-20-11-7-10-19(14-20)25-22(28)18-12-13-18/h4-11,14,16,18,21H,3,12-13,15H2,1-2H3,(H,25,28)(H,26,29)(H,27,30)/t16-,21-/m0/s1. The second-order valence-corrected chi connectivity index (χ2v) is 7.90. The molecule has 1 fully saturated rings. The van der Waals surface area contributed by atoms with Crippen molar-refractivity contribution in [3.05, 3.63) is 60.2 Å². The van der Waals surface area contributed by atoms with E-state index in [1.165, 1.54) is 0 Å². The highest BCUT2D eigenvalue weighted by Crippen LogP contribution is 2.30. The number of alkyl carbamates (subject to hydrolysis) is 1. The Morgan fingerprint density at radius 3 is 2.32 bits per heavy atom. The highest BCUT2D eigenvalue weighted by molar-refractivity contribution is 5.98. The molecule has 7 nitrogen and oxygen atoms in total. The molecule has 1 aliphatic rings. The average Bonchev–Trinajstić information content (AvgIpc) is 3.62. The van der Waals surface area contributed by atoms with Crippen molar-refractivity contribution in [2.75, 3.05) is 10.6 Å². The molecule has 164 valence electrons. The minimum Gasteiger partial charge on any atom is -0.445 e. The second-order valence-electron chi connectivity index (χ2n) is 7.90. The quantitative estimate of drug-likeness (QED) is 0.560. The molecule has 2 aromatic rings. The van der Waals surface area contributed by atoms with Crippen molar-refractivity contribution in [3.63, 3.8) is 0 Å². The lowest BCUT2D eigenvalue weighted by Crippen LogP contribution is -2.47. The number of ether oxygens (including phenoxy) is 1. The zero-order valence-electron chi connectivity index (χ0n) is 17.9. The number of hydrogen-bond acceptors (Lipinski definition) is 4. The van der Waals surface area contributed by atoms with Gasteiger partial charge in [-0.25, -0.2) is 4.79 Å². The molecule has 3 amide bonds. The molecule has 31 heavy (non-hydrogen) atoms. The van der Waals surface area contributed by atoms with E-state index in [0.717, 1.165) is 18.4 Å². The molecule has 1 saturated carbocycles. The van der Waals surface area contributed by atoms with Gasteiger partial charge in [-0.3, -0.25) is 9.59 Å². The fourth-order valence-corrected chi connectivity index (χ4v) is 3.08. The maximum absolute atomic E-state index is 12.9. The van der Waals surface area contributed by atoms with E-state index in [-0.39, 0.29) is 30.3 Å². The van der Waals surface area contributed by atoms with Gasteiger partial charge in [-0.05, 0) is 42.5 Å². The van der Waals surface area contributed by atoms with Gasteiger partial charge in [0.2, 0.25) is 11.8 Å². The number of amides is 3. The molecule has 0 spiro atoms. The zero-order valence-corrected chi connectivity index (χ0v) is 17.9. The molecule has 3 rings (SSSR count). The Bertz CT molecular complexity index is 912. The number of anilines is 2. The first-order valence-electron chi connectivity index (χ1n) is 10.6. The molecular weight excluding hydrogens is 394 g/mol. The molecule has 0 aromatic heterocycles. The van der Waals surface area contributed by atoms with Crippen molar-refractivity contribution in [1.29, 1.82) is 0 Å². The molecule has 0 radical (unpaired) electrons. The third-order valence-corrected chi connectivity index (χ3v) is 5.33. The molecule has 7 heteroatoms. The maximum atomic E-state index is 12.9. The number of carbonyl (C=O) groups is 3. The van der Waals surface area contributed by atoms with Gasteiger partial charge in [-0.15, -0.1) is 0 Å². The molecule has 0 unspecified atom stereocenters. The normalized spacial score (nSPS) is 14.8. The van der Waals surface area contributed by atoms with Crippen LogP contribution >= 0.6 is 0 Å². The van der Waals surface area contributed by atoms with Crippen molar-refractivity contribution < 1.29 is 19.1 Å². The minimum absolute atomic E-state index is 0.00351. The molecule has 0 bridgehead atoms. The minimum atomic E-state index is -0.752.